The standard InChI is InChI=1S/2C13H8O4.Cu/c2*14-7-4-5-8-11(6-7)17-10-3-1-2-9(15)12(10)13(8)16;/h2*1-6,14-15H;/q;;+2/p-2. The molecule has 35 heavy (non-hydrogen) atoms. The molecule has 0 aliphatic carbocycles. The van der Waals surface area contributed by atoms with Gasteiger partial charge in [-0.25, -0.2) is 0 Å². The minimum Gasteiger partial charge on any atom is -0.872 e. The van der Waals surface area contributed by atoms with E-state index in [1.165, 1.54) is 60.7 Å². The van der Waals surface area contributed by atoms with Crippen LogP contribution >= 0.6 is 0 Å². The molecule has 9 heteroatoms. The van der Waals surface area contributed by atoms with Crippen LogP contribution in [0.5, 0.6) is 23.0 Å². The van der Waals surface area contributed by atoms with Crippen LogP contribution in [0.15, 0.2) is 91.2 Å². The van der Waals surface area contributed by atoms with Gasteiger partial charge in [-0.2, -0.15) is 0 Å². The molecule has 0 amide bonds. The number of fused-ring (bicyclic) bond motifs is 4. The average molecular weight is 518 g/mol. The quantitative estimate of drug-likeness (QED) is 0.230. The number of hydrogen-bond acceptors (Lipinski definition) is 8. The molecule has 4 aromatic carbocycles. The molecule has 0 spiro atoms. The molecule has 2 N–H and O–H groups in total. The summed E-state index contributed by atoms with van der Waals surface area (Å²) in [6.45, 7) is 0. The third-order valence-electron chi connectivity index (χ3n) is 5.29. The first-order valence-corrected chi connectivity index (χ1v) is 10.0. The van der Waals surface area contributed by atoms with E-state index in [4.69, 9.17) is 8.83 Å². The van der Waals surface area contributed by atoms with Crippen molar-refractivity contribution in [1.29, 1.82) is 0 Å². The van der Waals surface area contributed by atoms with Gasteiger partial charge in [-0.1, -0.05) is 35.8 Å². The van der Waals surface area contributed by atoms with E-state index in [1.54, 1.807) is 12.1 Å². The van der Waals surface area contributed by atoms with Crippen molar-refractivity contribution in [3.63, 3.8) is 0 Å². The van der Waals surface area contributed by atoms with Gasteiger partial charge in [-0.3, -0.25) is 9.59 Å². The second-order valence-electron chi connectivity index (χ2n) is 7.48. The Balaban J connectivity index is 0.000000160. The third-order valence-corrected chi connectivity index (χ3v) is 5.29. The first-order chi connectivity index (χ1) is 16.3. The zero-order valence-electron chi connectivity index (χ0n) is 17.6. The van der Waals surface area contributed by atoms with E-state index in [1.807, 2.05) is 0 Å². The van der Waals surface area contributed by atoms with Crippen molar-refractivity contribution in [2.45, 2.75) is 0 Å². The topological polar surface area (TPSA) is 147 Å². The van der Waals surface area contributed by atoms with Crippen LogP contribution in [0.3, 0.4) is 0 Å². The summed E-state index contributed by atoms with van der Waals surface area (Å²) >= 11 is 0. The Labute approximate surface area is 206 Å². The molecule has 2 aromatic heterocycles. The molecular formula is C26H14CuO8. The summed E-state index contributed by atoms with van der Waals surface area (Å²) in [5.41, 5.74) is 0.279. The molecule has 6 aromatic rings. The van der Waals surface area contributed by atoms with Crippen molar-refractivity contribution in [3.05, 3.63) is 93.2 Å². The molecule has 0 aliphatic heterocycles. The molecule has 177 valence electrons. The van der Waals surface area contributed by atoms with Crippen LogP contribution < -0.4 is 21.1 Å². The maximum absolute atomic E-state index is 12.1. The molecule has 8 nitrogen and oxygen atoms in total. The normalized spacial score (nSPS) is 10.7. The summed E-state index contributed by atoms with van der Waals surface area (Å²) in [6, 6.07) is 17.2. The minimum absolute atomic E-state index is 0. The van der Waals surface area contributed by atoms with Gasteiger partial charge in [0.1, 0.15) is 33.8 Å². The van der Waals surface area contributed by atoms with Gasteiger partial charge in [0.15, 0.2) is 10.9 Å². The Morgan fingerprint density at radius 1 is 0.571 bits per heavy atom. The number of phenolic OH excluding ortho intramolecular Hbond substituents is 2. The Kier molecular flexibility index (Phi) is 6.13. The first-order valence-electron chi connectivity index (χ1n) is 10.0. The monoisotopic (exact) mass is 517 g/mol. The summed E-state index contributed by atoms with van der Waals surface area (Å²) in [7, 11) is 0. The fourth-order valence-electron chi connectivity index (χ4n) is 3.71. The van der Waals surface area contributed by atoms with Gasteiger partial charge in [0, 0.05) is 12.1 Å². The van der Waals surface area contributed by atoms with Crippen LogP contribution in [-0.4, -0.2) is 10.2 Å². The molecule has 0 atom stereocenters. The molecule has 0 unspecified atom stereocenters. The van der Waals surface area contributed by atoms with Gasteiger partial charge >= 0.3 is 17.1 Å². The first kappa shape index (κ1) is 23.7. The summed E-state index contributed by atoms with van der Waals surface area (Å²) in [5, 5.41) is 42.5. The maximum atomic E-state index is 12.1. The second-order valence-corrected chi connectivity index (χ2v) is 7.48. The molecule has 2 heterocycles. The van der Waals surface area contributed by atoms with Crippen LogP contribution in [0.2, 0.25) is 0 Å². The van der Waals surface area contributed by atoms with E-state index >= 15 is 0 Å². The van der Waals surface area contributed by atoms with Gasteiger partial charge < -0.3 is 29.3 Å². The molecule has 0 fully saturated rings. The predicted molar refractivity (Wildman–Crippen MR) is 122 cm³/mol. The van der Waals surface area contributed by atoms with Gasteiger partial charge in [0.25, 0.3) is 0 Å². The molecule has 6 rings (SSSR count). The number of benzene rings is 4. The molecule has 0 bridgehead atoms. The van der Waals surface area contributed by atoms with Crippen molar-refractivity contribution in [1.82, 2.24) is 0 Å². The van der Waals surface area contributed by atoms with Crippen molar-refractivity contribution >= 4 is 43.9 Å². The molecule has 0 saturated heterocycles. The van der Waals surface area contributed by atoms with E-state index in [-0.39, 0.29) is 84.0 Å². The minimum atomic E-state index is -0.369. The van der Waals surface area contributed by atoms with E-state index in [9.17, 15) is 30.0 Å². The Morgan fingerprint density at radius 2 is 0.971 bits per heavy atom. The van der Waals surface area contributed by atoms with Crippen LogP contribution in [0.1, 0.15) is 0 Å². The molecule has 0 aliphatic rings. The number of hydrogen-bond donors (Lipinski definition) is 2. The summed E-state index contributed by atoms with van der Waals surface area (Å²) in [4.78, 5) is 24.2. The number of phenols is 2. The van der Waals surface area contributed by atoms with Crippen molar-refractivity contribution in [2.24, 2.45) is 0 Å². The van der Waals surface area contributed by atoms with Crippen LogP contribution in [0.25, 0.3) is 43.9 Å². The van der Waals surface area contributed by atoms with E-state index in [2.05, 4.69) is 0 Å². The predicted octanol–water partition coefficient (Wildman–Crippen LogP) is 3.45. The third kappa shape index (κ3) is 4.14. The number of rotatable bonds is 0. The van der Waals surface area contributed by atoms with Gasteiger partial charge in [-0.05, 0) is 36.4 Å². The largest absolute Gasteiger partial charge is 2.00 e. The van der Waals surface area contributed by atoms with Crippen LogP contribution in [-0.2, 0) is 17.1 Å². The van der Waals surface area contributed by atoms with Crippen molar-refractivity contribution in [2.75, 3.05) is 0 Å². The van der Waals surface area contributed by atoms with Gasteiger partial charge in [0.2, 0.25) is 0 Å². The molecular weight excluding hydrogens is 504 g/mol. The summed E-state index contributed by atoms with van der Waals surface area (Å²) < 4.78 is 10.9. The summed E-state index contributed by atoms with van der Waals surface area (Å²) in [5.74, 6) is -0.686. The van der Waals surface area contributed by atoms with Crippen molar-refractivity contribution in [3.8, 4) is 23.0 Å². The fourth-order valence-corrected chi connectivity index (χ4v) is 3.71. The zero-order valence-corrected chi connectivity index (χ0v) is 18.5. The van der Waals surface area contributed by atoms with Crippen molar-refractivity contribution < 1.29 is 46.3 Å². The van der Waals surface area contributed by atoms with E-state index in [0.717, 1.165) is 0 Å². The molecule has 0 saturated carbocycles. The zero-order chi connectivity index (χ0) is 24.0. The second kappa shape index (κ2) is 9.06. The maximum Gasteiger partial charge on any atom is 2.00 e. The van der Waals surface area contributed by atoms with E-state index < -0.39 is 0 Å². The summed E-state index contributed by atoms with van der Waals surface area (Å²) in [6.07, 6.45) is 0. The number of aromatic hydroxyl groups is 2. The fraction of sp³-hybridized carbons (Fsp3) is 0. The van der Waals surface area contributed by atoms with Crippen LogP contribution in [0.4, 0.5) is 0 Å². The van der Waals surface area contributed by atoms with Crippen LogP contribution in [0, 0.1) is 0 Å². The Hall–Kier alpha value is -4.46. The Morgan fingerprint density at radius 3 is 1.37 bits per heavy atom. The molecule has 1 radical (unpaired) electrons. The average Bonchev–Trinajstić information content (AvgIpc) is 2.79. The SMILES string of the molecule is O=c1c2ccc(O)cc2oc2cccc([O-])c12.O=c1c2ccc(O)cc2oc2cccc([O-])c12.[Cu+2]. The van der Waals surface area contributed by atoms with Gasteiger partial charge in [-0.15, -0.1) is 0 Å². The Bertz CT molecular complexity index is 1710. The smallest absolute Gasteiger partial charge is 0.872 e. The van der Waals surface area contributed by atoms with Gasteiger partial charge in [0.05, 0.1) is 21.5 Å². The van der Waals surface area contributed by atoms with E-state index in [0.29, 0.717) is 10.8 Å².